The molecule has 0 bridgehead atoms. The monoisotopic (exact) mass is 307 g/mol. The molecule has 2 fully saturated rings. The van der Waals surface area contributed by atoms with E-state index in [4.69, 9.17) is 5.73 Å². The molecule has 2 N–H and O–H groups in total. The number of hydrogen-bond donors (Lipinski definition) is 1. The summed E-state index contributed by atoms with van der Waals surface area (Å²) in [6.45, 7) is 4.57. The van der Waals surface area contributed by atoms with E-state index in [-0.39, 0.29) is 5.91 Å². The quantitative estimate of drug-likeness (QED) is 0.930. The predicted molar refractivity (Wildman–Crippen MR) is 86.2 cm³/mol. The zero-order valence-corrected chi connectivity index (χ0v) is 13.4. The highest BCUT2D eigenvalue weighted by Crippen LogP contribution is 2.28. The largest absolute Gasteiger partial charge is 0.339 e. The Labute approximate surface area is 130 Å². The van der Waals surface area contributed by atoms with Crippen LogP contribution in [0.25, 0.3) is 0 Å². The molecule has 116 valence electrons. The number of nitrogens with two attached hydrogens (primary N) is 1. The topological polar surface area (TPSA) is 49.6 Å². The van der Waals surface area contributed by atoms with E-state index in [2.05, 4.69) is 22.4 Å². The Morgan fingerprint density at radius 3 is 2.52 bits per heavy atom. The number of nitrogens with zero attached hydrogens (tertiary/aromatic N) is 2. The number of rotatable bonds is 3. The summed E-state index contributed by atoms with van der Waals surface area (Å²) in [7, 11) is 0. The SMILES string of the molecule is NC1(C(=O)N2CCN(Cc3cccs3)CC2)CCCCC1. The van der Waals surface area contributed by atoms with Crippen molar-refractivity contribution >= 4 is 17.2 Å². The van der Waals surface area contributed by atoms with Gasteiger partial charge in [0.25, 0.3) is 0 Å². The van der Waals surface area contributed by atoms with Crippen molar-refractivity contribution in [2.24, 2.45) is 5.73 Å². The lowest BCUT2D eigenvalue weighted by Crippen LogP contribution is -2.60. The summed E-state index contributed by atoms with van der Waals surface area (Å²) in [6.07, 6.45) is 5.14. The molecule has 0 unspecified atom stereocenters. The summed E-state index contributed by atoms with van der Waals surface area (Å²) >= 11 is 1.80. The van der Waals surface area contributed by atoms with E-state index >= 15 is 0 Å². The molecule has 1 aromatic rings. The van der Waals surface area contributed by atoms with Crippen molar-refractivity contribution in [3.8, 4) is 0 Å². The van der Waals surface area contributed by atoms with Gasteiger partial charge < -0.3 is 10.6 Å². The van der Waals surface area contributed by atoms with Crippen LogP contribution in [0.3, 0.4) is 0 Å². The predicted octanol–water partition coefficient (Wildman–Crippen LogP) is 2.05. The van der Waals surface area contributed by atoms with Gasteiger partial charge in [-0.3, -0.25) is 9.69 Å². The van der Waals surface area contributed by atoms with E-state index in [0.717, 1.165) is 58.4 Å². The van der Waals surface area contributed by atoms with Crippen LogP contribution >= 0.6 is 11.3 Å². The second kappa shape index (κ2) is 6.46. The van der Waals surface area contributed by atoms with Gasteiger partial charge in [-0.15, -0.1) is 11.3 Å². The Morgan fingerprint density at radius 2 is 1.90 bits per heavy atom. The van der Waals surface area contributed by atoms with Gasteiger partial charge >= 0.3 is 0 Å². The fourth-order valence-electron chi connectivity index (χ4n) is 3.44. The summed E-state index contributed by atoms with van der Waals surface area (Å²) in [5.41, 5.74) is 5.80. The Morgan fingerprint density at radius 1 is 1.19 bits per heavy atom. The van der Waals surface area contributed by atoms with Crippen molar-refractivity contribution in [3.63, 3.8) is 0 Å². The van der Waals surface area contributed by atoms with Crippen LogP contribution in [-0.2, 0) is 11.3 Å². The lowest BCUT2D eigenvalue weighted by Gasteiger charge is -2.41. The van der Waals surface area contributed by atoms with Crippen molar-refractivity contribution in [2.75, 3.05) is 26.2 Å². The molecule has 1 aliphatic carbocycles. The molecule has 0 aromatic carbocycles. The smallest absolute Gasteiger partial charge is 0.242 e. The zero-order chi connectivity index (χ0) is 14.7. The van der Waals surface area contributed by atoms with Gasteiger partial charge in [-0.1, -0.05) is 25.3 Å². The highest BCUT2D eigenvalue weighted by Gasteiger charge is 2.39. The zero-order valence-electron chi connectivity index (χ0n) is 12.6. The Hall–Kier alpha value is -0.910. The van der Waals surface area contributed by atoms with Crippen LogP contribution in [0, 0.1) is 0 Å². The molecular formula is C16H25N3OS. The maximum absolute atomic E-state index is 12.7. The Bertz CT molecular complexity index is 460. The molecule has 1 saturated heterocycles. The van der Waals surface area contributed by atoms with E-state index in [0.29, 0.717) is 0 Å². The van der Waals surface area contributed by atoms with Crippen molar-refractivity contribution in [2.45, 2.75) is 44.2 Å². The number of hydrogen-bond acceptors (Lipinski definition) is 4. The second-order valence-corrected chi connectivity index (χ2v) is 7.40. The molecule has 1 saturated carbocycles. The molecule has 1 aromatic heterocycles. The van der Waals surface area contributed by atoms with Gasteiger partial charge in [-0.05, 0) is 24.3 Å². The van der Waals surface area contributed by atoms with Crippen molar-refractivity contribution in [1.82, 2.24) is 9.80 Å². The third kappa shape index (κ3) is 3.47. The summed E-state index contributed by atoms with van der Waals surface area (Å²) in [5, 5.41) is 2.12. The first-order valence-corrected chi connectivity index (χ1v) is 8.88. The summed E-state index contributed by atoms with van der Waals surface area (Å²) in [5.74, 6) is 0.193. The first-order chi connectivity index (χ1) is 10.2. The molecule has 0 spiro atoms. The van der Waals surface area contributed by atoms with Crippen LogP contribution < -0.4 is 5.73 Å². The van der Waals surface area contributed by atoms with Gasteiger partial charge in [0.15, 0.2) is 0 Å². The first-order valence-electron chi connectivity index (χ1n) is 8.00. The molecule has 0 atom stereocenters. The average Bonchev–Trinajstić information content (AvgIpc) is 3.01. The van der Waals surface area contributed by atoms with Crippen molar-refractivity contribution < 1.29 is 4.79 Å². The van der Waals surface area contributed by atoms with Crippen LogP contribution in [0.15, 0.2) is 17.5 Å². The minimum absolute atomic E-state index is 0.193. The molecule has 5 heteroatoms. The Balaban J connectivity index is 1.52. The molecule has 2 heterocycles. The second-order valence-electron chi connectivity index (χ2n) is 6.36. The van der Waals surface area contributed by atoms with Crippen molar-refractivity contribution in [1.29, 1.82) is 0 Å². The summed E-state index contributed by atoms with van der Waals surface area (Å²) in [6, 6.07) is 4.28. The molecule has 1 amide bonds. The van der Waals surface area contributed by atoms with Crippen LogP contribution in [0.5, 0.6) is 0 Å². The fourth-order valence-corrected chi connectivity index (χ4v) is 4.19. The third-order valence-electron chi connectivity index (χ3n) is 4.79. The number of thiophene rings is 1. The van der Waals surface area contributed by atoms with Crippen LogP contribution in [0.2, 0.25) is 0 Å². The fraction of sp³-hybridized carbons (Fsp3) is 0.688. The molecule has 1 aliphatic heterocycles. The number of piperazine rings is 1. The highest BCUT2D eigenvalue weighted by atomic mass is 32.1. The third-order valence-corrected chi connectivity index (χ3v) is 5.65. The summed E-state index contributed by atoms with van der Waals surface area (Å²) < 4.78 is 0. The van der Waals surface area contributed by atoms with Gasteiger partial charge in [0.2, 0.25) is 5.91 Å². The Kier molecular flexibility index (Phi) is 4.62. The molecule has 4 nitrogen and oxygen atoms in total. The number of amides is 1. The first kappa shape index (κ1) is 15.0. The average molecular weight is 307 g/mol. The number of carbonyl (C=O) groups is 1. The van der Waals surface area contributed by atoms with Gasteiger partial charge in [0.1, 0.15) is 0 Å². The lowest BCUT2D eigenvalue weighted by molar-refractivity contribution is -0.140. The van der Waals surface area contributed by atoms with Gasteiger partial charge in [0.05, 0.1) is 5.54 Å². The van der Waals surface area contributed by atoms with Crippen LogP contribution in [0.4, 0.5) is 0 Å². The molecule has 0 radical (unpaired) electrons. The summed E-state index contributed by atoms with van der Waals surface area (Å²) in [4.78, 5) is 18.5. The van der Waals surface area contributed by atoms with E-state index in [1.165, 1.54) is 11.3 Å². The van der Waals surface area contributed by atoms with Crippen LogP contribution in [-0.4, -0.2) is 47.4 Å². The van der Waals surface area contributed by atoms with Crippen LogP contribution in [0.1, 0.15) is 37.0 Å². The standard InChI is InChI=1S/C16H25N3OS/c17-16(6-2-1-3-7-16)15(20)19-10-8-18(9-11-19)13-14-5-4-12-21-14/h4-5,12H,1-3,6-11,13,17H2. The maximum Gasteiger partial charge on any atom is 0.242 e. The van der Waals surface area contributed by atoms with Gasteiger partial charge in [-0.2, -0.15) is 0 Å². The molecule has 2 aliphatic rings. The van der Waals surface area contributed by atoms with E-state index in [1.54, 1.807) is 11.3 Å². The van der Waals surface area contributed by atoms with E-state index < -0.39 is 5.54 Å². The van der Waals surface area contributed by atoms with Gasteiger partial charge in [0, 0.05) is 37.6 Å². The maximum atomic E-state index is 12.7. The van der Waals surface area contributed by atoms with Gasteiger partial charge in [-0.25, -0.2) is 0 Å². The molecular weight excluding hydrogens is 282 g/mol. The minimum atomic E-state index is -0.575. The molecule has 3 rings (SSSR count). The van der Waals surface area contributed by atoms with E-state index in [1.807, 2.05) is 4.90 Å². The lowest BCUT2D eigenvalue weighted by atomic mass is 9.81. The highest BCUT2D eigenvalue weighted by molar-refractivity contribution is 7.09. The molecule has 21 heavy (non-hydrogen) atoms. The normalized spacial score (nSPS) is 23.2. The van der Waals surface area contributed by atoms with Crippen molar-refractivity contribution in [3.05, 3.63) is 22.4 Å². The number of carbonyl (C=O) groups excluding carboxylic acids is 1. The van der Waals surface area contributed by atoms with E-state index in [9.17, 15) is 4.79 Å². The minimum Gasteiger partial charge on any atom is -0.339 e.